The fourth-order valence-corrected chi connectivity index (χ4v) is 4.83. The van der Waals surface area contributed by atoms with Crippen LogP contribution in [0, 0.1) is 5.92 Å². The first-order chi connectivity index (χ1) is 13.0. The fourth-order valence-electron chi connectivity index (χ4n) is 3.52. The molecule has 0 aromatic carbocycles. The molecule has 152 valence electrons. The number of thiophene rings is 1. The third-order valence-electron chi connectivity index (χ3n) is 5.22. The van der Waals surface area contributed by atoms with E-state index in [-0.39, 0.29) is 24.8 Å². The molecule has 1 aliphatic heterocycles. The van der Waals surface area contributed by atoms with Gasteiger partial charge in [0.2, 0.25) is 11.8 Å². The third kappa shape index (κ3) is 6.02. The monoisotopic (exact) mass is 395 g/mol. The summed E-state index contributed by atoms with van der Waals surface area (Å²) < 4.78 is 0. The minimum Gasteiger partial charge on any atom is -0.396 e. The number of unbranched alkanes of at least 4 members (excludes halogenated alkanes) is 1. The molecular formula is C20H33N3O3S. The topological polar surface area (TPSA) is 95.7 Å². The largest absolute Gasteiger partial charge is 0.396 e. The van der Waals surface area contributed by atoms with Crippen LogP contribution in [-0.4, -0.2) is 35.0 Å². The van der Waals surface area contributed by atoms with Gasteiger partial charge in [0.05, 0.1) is 18.2 Å². The highest BCUT2D eigenvalue weighted by atomic mass is 32.1. The van der Waals surface area contributed by atoms with Crippen molar-refractivity contribution >= 4 is 28.2 Å². The van der Waals surface area contributed by atoms with Gasteiger partial charge in [-0.05, 0) is 24.3 Å². The Bertz CT molecular complexity index is 645. The van der Waals surface area contributed by atoms with Gasteiger partial charge in [0.15, 0.2) is 0 Å². The lowest BCUT2D eigenvalue weighted by atomic mass is 9.99. The summed E-state index contributed by atoms with van der Waals surface area (Å²) in [5.41, 5.74) is 8.15. The Kier molecular flexibility index (Phi) is 8.73. The third-order valence-corrected chi connectivity index (χ3v) is 6.39. The van der Waals surface area contributed by atoms with Gasteiger partial charge in [-0.15, -0.1) is 11.3 Å². The highest BCUT2D eigenvalue weighted by Crippen LogP contribution is 2.37. The first kappa shape index (κ1) is 21.9. The van der Waals surface area contributed by atoms with E-state index >= 15 is 0 Å². The number of anilines is 1. The number of nitrogens with zero attached hydrogens (tertiary/aromatic N) is 1. The molecule has 6 nitrogen and oxygen atoms in total. The Morgan fingerprint density at radius 2 is 2.11 bits per heavy atom. The quantitative estimate of drug-likeness (QED) is 0.567. The van der Waals surface area contributed by atoms with Crippen LogP contribution >= 0.6 is 11.3 Å². The summed E-state index contributed by atoms with van der Waals surface area (Å²) in [6.07, 6.45) is 5.90. The molecule has 0 aliphatic carbocycles. The van der Waals surface area contributed by atoms with Crippen LogP contribution < -0.4 is 11.1 Å². The average molecular weight is 396 g/mol. The maximum absolute atomic E-state index is 12.4. The molecule has 0 fully saturated rings. The second kappa shape index (κ2) is 10.8. The van der Waals surface area contributed by atoms with E-state index in [4.69, 9.17) is 10.8 Å². The highest BCUT2D eigenvalue weighted by Gasteiger charge is 2.26. The Hall–Kier alpha value is -1.44. The number of hydrogen-bond acceptors (Lipinski definition) is 5. The van der Waals surface area contributed by atoms with Gasteiger partial charge in [-0.25, -0.2) is 0 Å². The van der Waals surface area contributed by atoms with Crippen LogP contribution in [-0.2, 0) is 29.1 Å². The van der Waals surface area contributed by atoms with E-state index < -0.39 is 0 Å². The van der Waals surface area contributed by atoms with Gasteiger partial charge >= 0.3 is 0 Å². The molecule has 1 aromatic heterocycles. The zero-order valence-electron chi connectivity index (χ0n) is 16.6. The Morgan fingerprint density at radius 3 is 2.78 bits per heavy atom. The predicted octanol–water partition coefficient (Wildman–Crippen LogP) is 3.02. The van der Waals surface area contributed by atoms with Crippen molar-refractivity contribution in [1.82, 2.24) is 4.90 Å². The summed E-state index contributed by atoms with van der Waals surface area (Å²) in [4.78, 5) is 27.3. The maximum Gasteiger partial charge on any atom is 0.225 e. The Morgan fingerprint density at radius 1 is 1.33 bits per heavy atom. The summed E-state index contributed by atoms with van der Waals surface area (Å²) in [7, 11) is 0. The minimum absolute atomic E-state index is 0.0301. The predicted molar refractivity (Wildman–Crippen MR) is 110 cm³/mol. The molecule has 4 N–H and O–H groups in total. The smallest absolute Gasteiger partial charge is 0.225 e. The summed E-state index contributed by atoms with van der Waals surface area (Å²) in [5, 5.41) is 12.9. The van der Waals surface area contributed by atoms with E-state index in [1.165, 1.54) is 36.2 Å². The van der Waals surface area contributed by atoms with Crippen LogP contribution in [0.1, 0.15) is 68.4 Å². The Labute approximate surface area is 166 Å². The molecule has 2 rings (SSSR count). The second-order valence-corrected chi connectivity index (χ2v) is 8.49. The molecule has 1 aromatic rings. The van der Waals surface area contributed by atoms with E-state index in [1.54, 1.807) is 4.90 Å². The molecule has 2 heterocycles. The van der Waals surface area contributed by atoms with Crippen molar-refractivity contribution < 1.29 is 14.7 Å². The van der Waals surface area contributed by atoms with Crippen LogP contribution in [0.15, 0.2) is 0 Å². The molecule has 2 amide bonds. The van der Waals surface area contributed by atoms with Gasteiger partial charge in [-0.1, -0.05) is 33.1 Å². The lowest BCUT2D eigenvalue weighted by Crippen LogP contribution is -2.35. The zero-order valence-corrected chi connectivity index (χ0v) is 17.4. The number of aliphatic hydroxyl groups excluding tert-OH is 1. The molecule has 1 atom stereocenters. The molecule has 0 saturated carbocycles. The van der Waals surface area contributed by atoms with Gasteiger partial charge in [-0.3, -0.25) is 9.59 Å². The van der Waals surface area contributed by atoms with Crippen molar-refractivity contribution in [1.29, 1.82) is 0 Å². The number of nitrogens with one attached hydrogen (secondary N) is 1. The van der Waals surface area contributed by atoms with Gasteiger partial charge in [-0.2, -0.15) is 0 Å². The van der Waals surface area contributed by atoms with Gasteiger partial charge in [0, 0.05) is 36.4 Å². The first-order valence-corrected chi connectivity index (χ1v) is 10.8. The van der Waals surface area contributed by atoms with Crippen LogP contribution in [0.2, 0.25) is 0 Å². The fraction of sp³-hybridized carbons (Fsp3) is 0.700. The molecule has 7 heteroatoms. The summed E-state index contributed by atoms with van der Waals surface area (Å²) >= 11 is 1.53. The van der Waals surface area contributed by atoms with Crippen LogP contribution in [0.3, 0.4) is 0 Å². The number of amides is 2. The first-order valence-electron chi connectivity index (χ1n) is 10.0. The van der Waals surface area contributed by atoms with Gasteiger partial charge in [0.1, 0.15) is 0 Å². The van der Waals surface area contributed by atoms with Gasteiger partial charge in [0.25, 0.3) is 0 Å². The van der Waals surface area contributed by atoms with Crippen molar-refractivity contribution in [2.24, 2.45) is 11.7 Å². The summed E-state index contributed by atoms with van der Waals surface area (Å²) in [5.74, 6) is 0.574. The van der Waals surface area contributed by atoms with Crippen molar-refractivity contribution in [3.05, 3.63) is 16.0 Å². The highest BCUT2D eigenvalue weighted by molar-refractivity contribution is 7.16. The van der Waals surface area contributed by atoms with E-state index in [9.17, 15) is 9.59 Å². The molecular weight excluding hydrogens is 362 g/mol. The maximum atomic E-state index is 12.4. The van der Waals surface area contributed by atoms with Crippen molar-refractivity contribution in [2.75, 3.05) is 18.5 Å². The standard InChI is InChI=1S/C20H33N3O3S/c1-3-4-5-14(2)6-7-18(25)22-20-16(12-21)15-8-10-23(13-17(15)27-20)19(26)9-11-24/h14,24H,3-13,21H2,1-2H3,(H,22,25). The van der Waals surface area contributed by atoms with Gasteiger partial charge < -0.3 is 21.1 Å². The Balaban J connectivity index is 1.98. The number of fused-ring (bicyclic) bond motifs is 1. The number of carbonyl (C=O) groups excluding carboxylic acids is 2. The molecule has 0 bridgehead atoms. The van der Waals surface area contributed by atoms with Crippen LogP contribution in [0.25, 0.3) is 0 Å². The lowest BCUT2D eigenvalue weighted by molar-refractivity contribution is -0.132. The number of rotatable bonds is 10. The molecule has 0 saturated heterocycles. The van der Waals surface area contributed by atoms with E-state index in [1.807, 2.05) is 0 Å². The number of aliphatic hydroxyl groups is 1. The molecule has 0 spiro atoms. The van der Waals surface area contributed by atoms with Crippen molar-refractivity contribution in [3.8, 4) is 0 Å². The molecule has 0 radical (unpaired) electrons. The summed E-state index contributed by atoms with van der Waals surface area (Å²) in [6.45, 7) is 5.83. The molecule has 1 unspecified atom stereocenters. The van der Waals surface area contributed by atoms with Crippen molar-refractivity contribution in [2.45, 2.75) is 71.9 Å². The number of carbonyl (C=O) groups is 2. The number of hydrogen-bond donors (Lipinski definition) is 3. The van der Waals surface area contributed by atoms with Crippen LogP contribution in [0.4, 0.5) is 5.00 Å². The lowest BCUT2D eigenvalue weighted by Gasteiger charge is -2.27. The van der Waals surface area contributed by atoms with E-state index in [0.29, 0.717) is 32.0 Å². The van der Waals surface area contributed by atoms with E-state index in [2.05, 4.69) is 19.2 Å². The second-order valence-electron chi connectivity index (χ2n) is 7.39. The van der Waals surface area contributed by atoms with Crippen LogP contribution in [0.5, 0.6) is 0 Å². The normalized spacial score (nSPS) is 14.7. The summed E-state index contributed by atoms with van der Waals surface area (Å²) in [6, 6.07) is 0. The van der Waals surface area contributed by atoms with E-state index in [0.717, 1.165) is 28.3 Å². The molecule has 1 aliphatic rings. The number of nitrogens with two attached hydrogens (primary N) is 1. The van der Waals surface area contributed by atoms with Crippen molar-refractivity contribution in [3.63, 3.8) is 0 Å². The minimum atomic E-state index is -0.126. The SMILES string of the molecule is CCCCC(C)CCC(=O)Nc1sc2c(c1CN)CCN(C(=O)CCO)C2. The molecule has 27 heavy (non-hydrogen) atoms. The average Bonchev–Trinajstić information content (AvgIpc) is 3.00. The zero-order chi connectivity index (χ0) is 19.8.